The number of primary amides is 1. The monoisotopic (exact) mass is 406 g/mol. The van der Waals surface area contributed by atoms with Gasteiger partial charge in [0.15, 0.2) is 0 Å². The molecule has 1 saturated carbocycles. The number of hydrogen-bond donors (Lipinski definition) is 2. The van der Waals surface area contributed by atoms with Crippen molar-refractivity contribution in [2.75, 3.05) is 37.4 Å². The van der Waals surface area contributed by atoms with E-state index in [4.69, 9.17) is 39.9 Å². The van der Waals surface area contributed by atoms with Crippen molar-refractivity contribution in [3.05, 3.63) is 28.2 Å². The molecule has 1 aromatic carbocycles. The van der Waals surface area contributed by atoms with Crippen LogP contribution in [-0.4, -0.2) is 49.5 Å². The Morgan fingerprint density at radius 3 is 2.54 bits per heavy atom. The lowest BCUT2D eigenvalue weighted by Crippen LogP contribution is -2.47. The normalized spacial score (nSPS) is 36.8. The topological polar surface area (TPSA) is 61.6 Å². The first-order chi connectivity index (χ1) is 15.5. The van der Waals surface area contributed by atoms with Gasteiger partial charge in [0.1, 0.15) is 0 Å². The molecule has 7 heteroatoms. The number of nitrogens with two attached hydrogens (primary N) is 1. The number of piperazine rings is 1. The van der Waals surface area contributed by atoms with E-state index in [-0.39, 0.29) is 34.2 Å². The molecule has 5 nitrogen and oxygen atoms in total. The summed E-state index contributed by atoms with van der Waals surface area (Å²) in [5, 5.41) is 2.48. The molecule has 1 aliphatic heterocycles. The Balaban J connectivity index is 1.87. The number of carbonyl (C=O) groups is 1. The van der Waals surface area contributed by atoms with Crippen molar-refractivity contribution in [2.45, 2.75) is 38.1 Å². The average molecular weight is 407 g/mol. The second-order valence-electron chi connectivity index (χ2n) is 6.52. The van der Waals surface area contributed by atoms with Crippen molar-refractivity contribution in [2.24, 2.45) is 11.7 Å². The number of nitrogens with zero attached hydrogens (tertiary/aromatic N) is 2. The van der Waals surface area contributed by atoms with Gasteiger partial charge < -0.3 is 16.0 Å². The molecule has 0 atom stereocenters. The van der Waals surface area contributed by atoms with Crippen molar-refractivity contribution in [3.63, 3.8) is 0 Å². The summed E-state index contributed by atoms with van der Waals surface area (Å²) in [7, 11) is 0. The summed E-state index contributed by atoms with van der Waals surface area (Å²) in [5.74, 6) is 0.0923. The van der Waals surface area contributed by atoms with Crippen molar-refractivity contribution >= 4 is 34.9 Å². The Bertz CT molecular complexity index is 900. The van der Waals surface area contributed by atoms with E-state index in [1.54, 1.807) is 0 Å². The SMILES string of the molecule is [2H]C1([2H])N(CCC2CCC(NC(N)=O)CC2)C([2H])([2H])C([2H])([2H])N(c2cccc(Cl)c2Cl)C1([2H])[2H]. The largest absolute Gasteiger partial charge is 0.368 e. The van der Waals surface area contributed by atoms with Crippen LogP contribution in [0.1, 0.15) is 43.1 Å². The van der Waals surface area contributed by atoms with E-state index < -0.39 is 32.0 Å². The van der Waals surface area contributed by atoms with Crippen LogP contribution in [0.5, 0.6) is 0 Å². The molecule has 0 spiro atoms. The quantitative estimate of drug-likeness (QED) is 0.782. The fourth-order valence-corrected chi connectivity index (χ4v) is 3.66. The van der Waals surface area contributed by atoms with E-state index in [1.807, 2.05) is 0 Å². The lowest BCUT2D eigenvalue weighted by molar-refractivity contribution is 0.207. The Morgan fingerprint density at radius 1 is 1.19 bits per heavy atom. The number of halogens is 2. The first kappa shape index (κ1) is 11.6. The molecule has 2 amide bonds. The summed E-state index contributed by atoms with van der Waals surface area (Å²) in [6.07, 6.45) is 3.10. The van der Waals surface area contributed by atoms with Crippen LogP contribution in [0.2, 0.25) is 10.0 Å². The molecule has 3 rings (SSSR count). The van der Waals surface area contributed by atoms with Crippen LogP contribution in [0.3, 0.4) is 0 Å². The Morgan fingerprint density at radius 2 is 1.88 bits per heavy atom. The molecule has 1 aromatic rings. The highest BCUT2D eigenvalue weighted by Gasteiger charge is 2.24. The molecule has 26 heavy (non-hydrogen) atoms. The number of rotatable bonds is 5. The van der Waals surface area contributed by atoms with Gasteiger partial charge in [0.2, 0.25) is 0 Å². The zero-order valence-electron chi connectivity index (χ0n) is 22.3. The standard InChI is InChI=1S/C19H28Cl2N4O/c20-16-2-1-3-17(18(16)21)25-12-10-24(11-13-25)9-8-14-4-6-15(7-5-14)23-19(22)26/h1-3,14-15H,4-13H2,(H3,22,23,26)/i10D2,11D2,12D2,13D2. The number of benzene rings is 1. The Kier molecular flexibility index (Phi) is 4.09. The van der Waals surface area contributed by atoms with Gasteiger partial charge in [-0.15, -0.1) is 0 Å². The number of anilines is 1. The van der Waals surface area contributed by atoms with Gasteiger partial charge in [-0.2, -0.15) is 0 Å². The third kappa shape index (κ3) is 5.18. The maximum absolute atomic E-state index is 11.0. The smallest absolute Gasteiger partial charge is 0.312 e. The molecule has 1 saturated heterocycles. The summed E-state index contributed by atoms with van der Waals surface area (Å²) >= 11 is 12.2. The molecular weight excluding hydrogens is 371 g/mol. The molecule has 2 fully saturated rings. The maximum atomic E-state index is 11.0. The highest BCUT2D eigenvalue weighted by Crippen LogP contribution is 2.33. The number of amides is 2. The van der Waals surface area contributed by atoms with E-state index in [9.17, 15) is 4.79 Å². The van der Waals surface area contributed by atoms with Gasteiger partial charge in [-0.25, -0.2) is 4.79 Å². The molecule has 0 bridgehead atoms. The first-order valence-corrected chi connectivity index (χ1v) is 9.38. The lowest BCUT2D eigenvalue weighted by atomic mass is 9.84. The molecular formula is C19H28Cl2N4O. The summed E-state index contributed by atoms with van der Waals surface area (Å²) in [6, 6.07) is 3.49. The van der Waals surface area contributed by atoms with Crippen LogP contribution >= 0.6 is 23.2 Å². The molecule has 144 valence electrons. The van der Waals surface area contributed by atoms with E-state index >= 15 is 0 Å². The lowest BCUT2D eigenvalue weighted by Gasteiger charge is -2.37. The fourth-order valence-electron chi connectivity index (χ4n) is 3.28. The predicted molar refractivity (Wildman–Crippen MR) is 108 cm³/mol. The van der Waals surface area contributed by atoms with Gasteiger partial charge in [0, 0.05) is 37.5 Å². The van der Waals surface area contributed by atoms with Gasteiger partial charge in [-0.3, -0.25) is 4.90 Å². The zero-order valence-corrected chi connectivity index (χ0v) is 15.8. The van der Waals surface area contributed by atoms with Crippen LogP contribution in [0.15, 0.2) is 18.2 Å². The molecule has 2 aliphatic rings. The molecule has 0 unspecified atom stereocenters. The average Bonchev–Trinajstić information content (AvgIpc) is 2.70. The molecule has 1 aliphatic carbocycles. The van der Waals surface area contributed by atoms with Crippen LogP contribution < -0.4 is 16.0 Å². The third-order valence-electron chi connectivity index (χ3n) is 4.72. The first-order valence-electron chi connectivity index (χ1n) is 12.6. The van der Waals surface area contributed by atoms with Crippen molar-refractivity contribution in [1.29, 1.82) is 0 Å². The van der Waals surface area contributed by atoms with Gasteiger partial charge in [0.05, 0.1) is 21.2 Å². The second kappa shape index (κ2) is 9.16. The maximum Gasteiger partial charge on any atom is 0.312 e. The minimum Gasteiger partial charge on any atom is -0.368 e. The van der Waals surface area contributed by atoms with Gasteiger partial charge >= 0.3 is 6.03 Å². The highest BCUT2D eigenvalue weighted by molar-refractivity contribution is 6.43. The minimum absolute atomic E-state index is 0.00995. The molecule has 3 N–H and O–H groups in total. The van der Waals surface area contributed by atoms with Gasteiger partial charge in [0.25, 0.3) is 0 Å². The highest BCUT2D eigenvalue weighted by atomic mass is 35.5. The van der Waals surface area contributed by atoms with E-state index in [0.717, 1.165) is 0 Å². The Hall–Kier alpha value is -1.17. The number of urea groups is 1. The van der Waals surface area contributed by atoms with E-state index in [2.05, 4.69) is 5.32 Å². The van der Waals surface area contributed by atoms with Crippen LogP contribution in [0, 0.1) is 5.92 Å². The van der Waals surface area contributed by atoms with E-state index in [0.29, 0.717) is 41.9 Å². The molecule has 0 aromatic heterocycles. The Labute approximate surface area is 177 Å². The zero-order chi connectivity index (χ0) is 25.7. The summed E-state index contributed by atoms with van der Waals surface area (Å²) in [4.78, 5) is 12.1. The van der Waals surface area contributed by atoms with Gasteiger partial charge in [-0.05, 0) is 56.7 Å². The number of carbonyl (C=O) groups excluding carboxylic acids is 1. The van der Waals surface area contributed by atoms with Crippen LogP contribution in [0.25, 0.3) is 0 Å². The van der Waals surface area contributed by atoms with Crippen molar-refractivity contribution in [3.8, 4) is 0 Å². The summed E-state index contributed by atoms with van der Waals surface area (Å²) in [5.41, 5.74) is 4.93. The minimum atomic E-state index is -3.00. The number of nitrogens with one attached hydrogen (secondary N) is 1. The third-order valence-corrected chi connectivity index (χ3v) is 5.53. The molecule has 0 radical (unpaired) electrons. The van der Waals surface area contributed by atoms with Crippen molar-refractivity contribution < 1.29 is 15.8 Å². The van der Waals surface area contributed by atoms with E-state index in [1.165, 1.54) is 18.2 Å². The summed E-state index contributed by atoms with van der Waals surface area (Å²) in [6.45, 7) is -12.0. The molecule has 1 heterocycles. The summed E-state index contributed by atoms with van der Waals surface area (Å²) < 4.78 is 68.7. The fraction of sp³-hybridized carbons (Fsp3) is 0.632. The predicted octanol–water partition coefficient (Wildman–Crippen LogP) is 3.73. The number of hydrogen-bond acceptors (Lipinski definition) is 3. The van der Waals surface area contributed by atoms with Crippen LogP contribution in [0.4, 0.5) is 10.5 Å². The second-order valence-corrected chi connectivity index (χ2v) is 7.31. The van der Waals surface area contributed by atoms with Crippen molar-refractivity contribution in [1.82, 2.24) is 10.2 Å². The van der Waals surface area contributed by atoms with Crippen LogP contribution in [-0.2, 0) is 0 Å². The van der Waals surface area contributed by atoms with Gasteiger partial charge in [-0.1, -0.05) is 29.3 Å².